The van der Waals surface area contributed by atoms with Crippen LogP contribution in [0.25, 0.3) is 0 Å². The maximum Gasteiger partial charge on any atom is -0.0156 e. The topological polar surface area (TPSA) is 0 Å². The Kier molecular flexibility index (Phi) is 3.51. The van der Waals surface area contributed by atoms with Gasteiger partial charge in [-0.05, 0) is 67.7 Å². The third-order valence-electron chi connectivity index (χ3n) is 3.84. The van der Waals surface area contributed by atoms with E-state index < -0.39 is 0 Å². The van der Waals surface area contributed by atoms with Gasteiger partial charge in [0.2, 0.25) is 0 Å². The van der Waals surface area contributed by atoms with Crippen molar-refractivity contribution >= 4 is 0 Å². The molecule has 0 saturated heterocycles. The Morgan fingerprint density at radius 2 is 2.00 bits per heavy atom. The van der Waals surface area contributed by atoms with Crippen molar-refractivity contribution in [1.82, 2.24) is 0 Å². The van der Waals surface area contributed by atoms with Gasteiger partial charge < -0.3 is 0 Å². The van der Waals surface area contributed by atoms with Crippen molar-refractivity contribution in [2.24, 2.45) is 5.92 Å². The standard InChI is InChI=1S/C17H22/c1-5-12(3)15(6-2)16-9-7-8-13(4)17(16)14-10-11-14/h5-6,8,14H,1-2,7,9-11H2,3-4H3/b15-12+. The van der Waals surface area contributed by atoms with E-state index in [2.05, 4.69) is 33.1 Å². The minimum atomic E-state index is 0.814. The highest BCUT2D eigenvalue weighted by molar-refractivity contribution is 5.55. The van der Waals surface area contributed by atoms with E-state index in [-0.39, 0.29) is 0 Å². The lowest BCUT2D eigenvalue weighted by Gasteiger charge is -2.22. The first-order valence-corrected chi connectivity index (χ1v) is 6.55. The van der Waals surface area contributed by atoms with E-state index >= 15 is 0 Å². The highest BCUT2D eigenvalue weighted by Gasteiger charge is 2.31. The number of allylic oxidation sites excluding steroid dienone is 8. The summed E-state index contributed by atoms with van der Waals surface area (Å²) in [4.78, 5) is 0. The second kappa shape index (κ2) is 4.91. The van der Waals surface area contributed by atoms with Crippen molar-refractivity contribution < 1.29 is 0 Å². The van der Waals surface area contributed by atoms with Gasteiger partial charge in [0.25, 0.3) is 0 Å². The van der Waals surface area contributed by atoms with Gasteiger partial charge in [0.15, 0.2) is 0 Å². The highest BCUT2D eigenvalue weighted by atomic mass is 14.4. The van der Waals surface area contributed by atoms with Crippen LogP contribution in [-0.2, 0) is 0 Å². The first-order valence-electron chi connectivity index (χ1n) is 6.55. The first kappa shape index (κ1) is 12.2. The van der Waals surface area contributed by atoms with E-state index in [4.69, 9.17) is 0 Å². The molecule has 0 aliphatic heterocycles. The molecule has 1 saturated carbocycles. The smallest absolute Gasteiger partial charge is 0.0156 e. The summed E-state index contributed by atoms with van der Waals surface area (Å²) < 4.78 is 0. The molecule has 1 fully saturated rings. The summed E-state index contributed by atoms with van der Waals surface area (Å²) in [7, 11) is 0. The van der Waals surface area contributed by atoms with Crippen LogP contribution in [0.1, 0.15) is 39.5 Å². The minimum Gasteiger partial charge on any atom is -0.0988 e. The Labute approximate surface area is 105 Å². The van der Waals surface area contributed by atoms with Crippen molar-refractivity contribution in [1.29, 1.82) is 0 Å². The van der Waals surface area contributed by atoms with Crippen LogP contribution in [0.2, 0.25) is 0 Å². The molecule has 2 rings (SSSR count). The van der Waals surface area contributed by atoms with Gasteiger partial charge in [0, 0.05) is 0 Å². The third kappa shape index (κ3) is 2.36. The molecule has 90 valence electrons. The molecule has 0 aromatic carbocycles. The maximum atomic E-state index is 3.99. The van der Waals surface area contributed by atoms with Gasteiger partial charge in [0.05, 0.1) is 0 Å². The normalized spacial score (nSPS) is 21.9. The van der Waals surface area contributed by atoms with Gasteiger partial charge in [-0.15, -0.1) is 0 Å². The predicted molar refractivity (Wildman–Crippen MR) is 75.8 cm³/mol. The van der Waals surface area contributed by atoms with Crippen LogP contribution in [0, 0.1) is 5.92 Å². The highest BCUT2D eigenvalue weighted by Crippen LogP contribution is 2.46. The monoisotopic (exact) mass is 226 g/mol. The zero-order valence-corrected chi connectivity index (χ0v) is 11.1. The fraction of sp³-hybridized carbons (Fsp3) is 0.412. The zero-order valence-electron chi connectivity index (χ0n) is 11.1. The van der Waals surface area contributed by atoms with Crippen molar-refractivity contribution in [3.8, 4) is 0 Å². The first-order chi connectivity index (χ1) is 8.19. The number of hydrogen-bond acceptors (Lipinski definition) is 0. The van der Waals surface area contributed by atoms with Crippen molar-refractivity contribution in [2.45, 2.75) is 39.5 Å². The molecule has 0 aromatic heterocycles. The molecule has 0 unspecified atom stereocenters. The average molecular weight is 226 g/mol. The number of rotatable bonds is 4. The summed E-state index contributed by atoms with van der Waals surface area (Å²) >= 11 is 0. The fourth-order valence-corrected chi connectivity index (χ4v) is 2.77. The maximum absolute atomic E-state index is 3.99. The largest absolute Gasteiger partial charge is 0.0988 e. The van der Waals surface area contributed by atoms with E-state index in [9.17, 15) is 0 Å². The van der Waals surface area contributed by atoms with E-state index in [1.807, 2.05) is 12.2 Å². The predicted octanol–water partition coefficient (Wildman–Crippen LogP) is 5.12. The fourth-order valence-electron chi connectivity index (χ4n) is 2.77. The van der Waals surface area contributed by atoms with Gasteiger partial charge in [-0.2, -0.15) is 0 Å². The van der Waals surface area contributed by atoms with Gasteiger partial charge in [-0.25, -0.2) is 0 Å². The summed E-state index contributed by atoms with van der Waals surface area (Å²) in [5.74, 6) is 0.814. The molecule has 17 heavy (non-hydrogen) atoms. The molecule has 0 radical (unpaired) electrons. The van der Waals surface area contributed by atoms with Crippen LogP contribution in [0.3, 0.4) is 0 Å². The van der Waals surface area contributed by atoms with E-state index in [1.165, 1.54) is 41.6 Å². The molecule has 0 bridgehead atoms. The van der Waals surface area contributed by atoms with E-state index in [1.54, 1.807) is 5.57 Å². The molecule has 0 heteroatoms. The molecule has 0 spiro atoms. The molecule has 0 N–H and O–H groups in total. The lowest BCUT2D eigenvalue weighted by molar-refractivity contribution is 0.871. The molecule has 0 nitrogen and oxygen atoms in total. The molecule has 2 aliphatic rings. The quantitative estimate of drug-likeness (QED) is 0.583. The lowest BCUT2D eigenvalue weighted by atomic mass is 9.83. The second-order valence-corrected chi connectivity index (χ2v) is 5.10. The molecule has 0 amide bonds. The van der Waals surface area contributed by atoms with Crippen molar-refractivity contribution in [3.05, 3.63) is 59.3 Å². The van der Waals surface area contributed by atoms with Crippen molar-refractivity contribution in [3.63, 3.8) is 0 Å². The zero-order chi connectivity index (χ0) is 12.4. The van der Waals surface area contributed by atoms with Crippen LogP contribution in [0.5, 0.6) is 0 Å². The van der Waals surface area contributed by atoms with Gasteiger partial charge in [-0.1, -0.05) is 37.0 Å². The molecular formula is C17H22. The summed E-state index contributed by atoms with van der Waals surface area (Å²) in [5, 5.41) is 0. The summed E-state index contributed by atoms with van der Waals surface area (Å²) in [5.41, 5.74) is 7.19. The van der Waals surface area contributed by atoms with Crippen LogP contribution < -0.4 is 0 Å². The second-order valence-electron chi connectivity index (χ2n) is 5.10. The van der Waals surface area contributed by atoms with Gasteiger partial charge in [0.1, 0.15) is 0 Å². The molecule has 0 heterocycles. The minimum absolute atomic E-state index is 0.814. The van der Waals surface area contributed by atoms with Crippen LogP contribution in [0.4, 0.5) is 0 Å². The Balaban J connectivity index is 2.52. The molecule has 0 aromatic rings. The Morgan fingerprint density at radius 1 is 1.29 bits per heavy atom. The van der Waals surface area contributed by atoms with Crippen LogP contribution in [0.15, 0.2) is 59.3 Å². The average Bonchev–Trinajstić information content (AvgIpc) is 3.14. The van der Waals surface area contributed by atoms with Crippen molar-refractivity contribution in [2.75, 3.05) is 0 Å². The Bertz CT molecular complexity index is 437. The van der Waals surface area contributed by atoms with E-state index in [0.717, 1.165) is 12.3 Å². The third-order valence-corrected chi connectivity index (χ3v) is 3.84. The summed E-state index contributed by atoms with van der Waals surface area (Å²) in [6, 6.07) is 0. The van der Waals surface area contributed by atoms with E-state index in [0.29, 0.717) is 0 Å². The van der Waals surface area contributed by atoms with Crippen LogP contribution in [-0.4, -0.2) is 0 Å². The Morgan fingerprint density at radius 3 is 2.53 bits per heavy atom. The van der Waals surface area contributed by atoms with Gasteiger partial charge in [-0.3, -0.25) is 0 Å². The van der Waals surface area contributed by atoms with Crippen LogP contribution >= 0.6 is 0 Å². The molecule has 0 atom stereocenters. The summed E-state index contributed by atoms with van der Waals surface area (Å²) in [6.07, 6.45) is 11.4. The number of hydrogen-bond donors (Lipinski definition) is 0. The lowest BCUT2D eigenvalue weighted by Crippen LogP contribution is -2.04. The summed E-state index contributed by atoms with van der Waals surface area (Å²) in [6.45, 7) is 12.3. The Hall–Kier alpha value is -1.30. The van der Waals surface area contributed by atoms with Gasteiger partial charge >= 0.3 is 0 Å². The molecule has 2 aliphatic carbocycles. The molecular weight excluding hydrogens is 204 g/mol. The SMILES string of the molecule is C=C/C(C)=C(\C=C)C1=C(C2CC2)C(C)=CCC1.